The molecule has 0 spiro atoms. The highest BCUT2D eigenvalue weighted by molar-refractivity contribution is 6.32. The summed E-state index contributed by atoms with van der Waals surface area (Å²) in [5.74, 6) is 0.925. The Bertz CT molecular complexity index is 407. The van der Waals surface area contributed by atoms with E-state index in [4.69, 9.17) is 26.8 Å². The van der Waals surface area contributed by atoms with E-state index in [1.54, 1.807) is 6.07 Å². The van der Waals surface area contributed by atoms with Crippen molar-refractivity contribution in [1.29, 1.82) is 0 Å². The maximum atomic E-state index is 10.9. The minimum absolute atomic E-state index is 0.380. The van der Waals surface area contributed by atoms with Crippen LogP contribution in [0.5, 0.6) is 11.5 Å². The van der Waals surface area contributed by atoms with Crippen LogP contribution in [-0.4, -0.2) is 27.1 Å². The summed E-state index contributed by atoms with van der Waals surface area (Å²) in [6.07, 6.45) is 2.17. The molecule has 17 heavy (non-hydrogen) atoms. The smallest absolute Gasteiger partial charge is 0.171 e. The zero-order chi connectivity index (χ0) is 12.8. The van der Waals surface area contributed by atoms with Gasteiger partial charge in [-0.2, -0.15) is 0 Å². The Hall–Kier alpha value is -1.26. The number of methoxy groups -OCH3 is 2. The van der Waals surface area contributed by atoms with Crippen LogP contribution in [0.3, 0.4) is 0 Å². The number of carbonyl (C=O) groups excluding carboxylic acids is 1. The van der Waals surface area contributed by atoms with Gasteiger partial charge in [-0.25, -0.2) is 0 Å². The lowest BCUT2D eigenvalue weighted by Gasteiger charge is -2.15. The van der Waals surface area contributed by atoms with Gasteiger partial charge in [0.15, 0.2) is 17.8 Å². The number of carbonyl (C=O) groups is 1. The van der Waals surface area contributed by atoms with Gasteiger partial charge < -0.3 is 15.2 Å². The van der Waals surface area contributed by atoms with Gasteiger partial charge in [0.05, 0.1) is 19.8 Å². The molecule has 0 fully saturated rings. The van der Waals surface area contributed by atoms with E-state index in [0.29, 0.717) is 41.3 Å². The summed E-state index contributed by atoms with van der Waals surface area (Å²) in [5, 5.41) is 0.498. The first kappa shape index (κ1) is 13.8. The lowest BCUT2D eigenvalue weighted by Crippen LogP contribution is -2.04. The van der Waals surface area contributed by atoms with E-state index in [1.807, 2.05) is 0 Å². The van der Waals surface area contributed by atoms with Crippen LogP contribution in [0, 0.1) is 0 Å². The van der Waals surface area contributed by atoms with Crippen molar-refractivity contribution in [3.05, 3.63) is 22.2 Å². The second-order valence-electron chi connectivity index (χ2n) is 3.50. The van der Waals surface area contributed by atoms with Crippen molar-refractivity contribution in [3.63, 3.8) is 0 Å². The van der Waals surface area contributed by atoms with Crippen LogP contribution in [0.1, 0.15) is 22.3 Å². The standard InChI is InChI=1S/C12H16ClNO3/c1-16-11-8(7-15)6-10(13)9(4-3-5-14)12(11)17-2/h6-7H,3-5,14H2,1-2H3. The predicted molar refractivity (Wildman–Crippen MR) is 67.3 cm³/mol. The van der Waals surface area contributed by atoms with Crippen LogP contribution < -0.4 is 15.2 Å². The summed E-state index contributed by atoms with van der Waals surface area (Å²) in [5.41, 5.74) is 6.68. The highest BCUT2D eigenvalue weighted by atomic mass is 35.5. The first-order chi connectivity index (χ1) is 8.19. The van der Waals surface area contributed by atoms with Crippen LogP contribution in [0.25, 0.3) is 0 Å². The Kier molecular flexibility index (Phi) is 5.25. The Morgan fingerprint density at radius 3 is 2.47 bits per heavy atom. The number of benzene rings is 1. The van der Waals surface area contributed by atoms with E-state index in [0.717, 1.165) is 12.0 Å². The molecule has 0 aliphatic carbocycles. The van der Waals surface area contributed by atoms with Crippen molar-refractivity contribution >= 4 is 17.9 Å². The van der Waals surface area contributed by atoms with Crippen LogP contribution in [0.2, 0.25) is 5.02 Å². The molecule has 1 rings (SSSR count). The van der Waals surface area contributed by atoms with Crippen molar-refractivity contribution in [2.24, 2.45) is 5.73 Å². The largest absolute Gasteiger partial charge is 0.492 e. The third-order valence-electron chi connectivity index (χ3n) is 2.48. The molecule has 0 unspecified atom stereocenters. The summed E-state index contributed by atoms with van der Waals surface area (Å²) in [6.45, 7) is 0.567. The van der Waals surface area contributed by atoms with E-state index in [2.05, 4.69) is 0 Å². The van der Waals surface area contributed by atoms with Crippen LogP contribution >= 0.6 is 11.6 Å². The molecule has 4 nitrogen and oxygen atoms in total. The minimum atomic E-state index is 0.380. The number of nitrogens with two attached hydrogens (primary N) is 1. The molecule has 94 valence electrons. The van der Waals surface area contributed by atoms with Gasteiger partial charge in [-0.3, -0.25) is 4.79 Å². The van der Waals surface area contributed by atoms with Gasteiger partial charge in [0.1, 0.15) is 0 Å². The van der Waals surface area contributed by atoms with Gasteiger partial charge in [0, 0.05) is 10.6 Å². The Balaban J connectivity index is 3.32. The van der Waals surface area contributed by atoms with E-state index in [1.165, 1.54) is 14.2 Å². The van der Waals surface area contributed by atoms with Gasteiger partial charge in [0.25, 0.3) is 0 Å². The summed E-state index contributed by atoms with van der Waals surface area (Å²) < 4.78 is 10.5. The molecule has 1 aromatic carbocycles. The lowest BCUT2D eigenvalue weighted by molar-refractivity contribution is 0.112. The molecule has 0 saturated heterocycles. The van der Waals surface area contributed by atoms with Crippen LogP contribution in [0.4, 0.5) is 0 Å². The number of aldehydes is 1. The molecule has 0 heterocycles. The third kappa shape index (κ3) is 2.90. The zero-order valence-corrected chi connectivity index (χ0v) is 10.7. The first-order valence-electron chi connectivity index (χ1n) is 5.28. The summed E-state index contributed by atoms with van der Waals surface area (Å²) in [6, 6.07) is 1.59. The molecule has 0 aliphatic rings. The Morgan fingerprint density at radius 1 is 1.35 bits per heavy atom. The van der Waals surface area contributed by atoms with Gasteiger partial charge in [-0.1, -0.05) is 11.6 Å². The molecule has 0 atom stereocenters. The monoisotopic (exact) mass is 257 g/mol. The zero-order valence-electron chi connectivity index (χ0n) is 9.96. The highest BCUT2D eigenvalue weighted by Crippen LogP contribution is 2.39. The van der Waals surface area contributed by atoms with E-state index < -0.39 is 0 Å². The number of hydrogen-bond acceptors (Lipinski definition) is 4. The Labute approximate surface area is 106 Å². The fraction of sp³-hybridized carbons (Fsp3) is 0.417. The number of rotatable bonds is 6. The molecule has 2 N–H and O–H groups in total. The molecule has 0 saturated carbocycles. The van der Waals surface area contributed by atoms with Crippen molar-refractivity contribution in [3.8, 4) is 11.5 Å². The predicted octanol–water partition coefficient (Wildman–Crippen LogP) is 2.06. The molecule has 0 amide bonds. The van der Waals surface area contributed by atoms with E-state index in [-0.39, 0.29) is 0 Å². The second kappa shape index (κ2) is 6.47. The van der Waals surface area contributed by atoms with Gasteiger partial charge in [-0.15, -0.1) is 0 Å². The van der Waals surface area contributed by atoms with Crippen molar-refractivity contribution in [2.75, 3.05) is 20.8 Å². The average molecular weight is 258 g/mol. The average Bonchev–Trinajstić information content (AvgIpc) is 2.35. The van der Waals surface area contributed by atoms with Gasteiger partial charge in [-0.05, 0) is 25.5 Å². The molecule has 0 aliphatic heterocycles. The van der Waals surface area contributed by atoms with Gasteiger partial charge >= 0.3 is 0 Å². The fourth-order valence-electron chi connectivity index (χ4n) is 1.69. The topological polar surface area (TPSA) is 61.5 Å². The summed E-state index contributed by atoms with van der Waals surface area (Å²) >= 11 is 6.12. The lowest BCUT2D eigenvalue weighted by atomic mass is 10.0. The van der Waals surface area contributed by atoms with Crippen molar-refractivity contribution in [1.82, 2.24) is 0 Å². The number of hydrogen-bond donors (Lipinski definition) is 1. The van der Waals surface area contributed by atoms with E-state index in [9.17, 15) is 4.79 Å². The Morgan fingerprint density at radius 2 is 2.00 bits per heavy atom. The van der Waals surface area contributed by atoms with Crippen molar-refractivity contribution < 1.29 is 14.3 Å². The summed E-state index contributed by atoms with van der Waals surface area (Å²) in [7, 11) is 3.01. The maximum Gasteiger partial charge on any atom is 0.171 e. The number of ether oxygens (including phenoxy) is 2. The third-order valence-corrected chi connectivity index (χ3v) is 2.82. The molecule has 5 heteroatoms. The number of halogens is 1. The molecular weight excluding hydrogens is 242 g/mol. The van der Waals surface area contributed by atoms with Crippen LogP contribution in [0.15, 0.2) is 6.07 Å². The van der Waals surface area contributed by atoms with Crippen LogP contribution in [-0.2, 0) is 6.42 Å². The maximum absolute atomic E-state index is 10.9. The molecular formula is C12H16ClNO3. The molecule has 0 aromatic heterocycles. The minimum Gasteiger partial charge on any atom is -0.492 e. The fourth-order valence-corrected chi connectivity index (χ4v) is 1.99. The molecule has 0 bridgehead atoms. The quantitative estimate of drug-likeness (QED) is 0.793. The van der Waals surface area contributed by atoms with E-state index >= 15 is 0 Å². The normalized spacial score (nSPS) is 10.1. The first-order valence-corrected chi connectivity index (χ1v) is 5.66. The SMILES string of the molecule is COc1c(C=O)cc(Cl)c(CCCN)c1OC. The van der Waals surface area contributed by atoms with Gasteiger partial charge in [0.2, 0.25) is 0 Å². The molecule has 1 aromatic rings. The highest BCUT2D eigenvalue weighted by Gasteiger charge is 2.18. The second-order valence-corrected chi connectivity index (χ2v) is 3.91. The molecule has 0 radical (unpaired) electrons. The van der Waals surface area contributed by atoms with Crippen molar-refractivity contribution in [2.45, 2.75) is 12.8 Å². The summed E-state index contributed by atoms with van der Waals surface area (Å²) in [4.78, 5) is 10.9.